The van der Waals surface area contributed by atoms with Crippen molar-refractivity contribution in [3.8, 4) is 5.75 Å². The molecule has 0 bridgehead atoms. The first-order valence-electron chi connectivity index (χ1n) is 7.82. The van der Waals surface area contributed by atoms with Crippen LogP contribution in [0.3, 0.4) is 0 Å². The van der Waals surface area contributed by atoms with E-state index in [0.717, 1.165) is 24.3 Å². The summed E-state index contributed by atoms with van der Waals surface area (Å²) in [4.78, 5) is 14.8. The molecule has 2 heterocycles. The van der Waals surface area contributed by atoms with E-state index in [9.17, 15) is 4.79 Å². The fourth-order valence-corrected chi connectivity index (χ4v) is 3.54. The molecule has 2 aliphatic heterocycles. The fraction of sp³-hybridized carbons (Fsp3) is 0.588. The van der Waals surface area contributed by atoms with Crippen LogP contribution in [0, 0.1) is 11.3 Å². The van der Waals surface area contributed by atoms with Crippen molar-refractivity contribution >= 4 is 29.9 Å². The maximum Gasteiger partial charge on any atom is 0.229 e. The Morgan fingerprint density at radius 1 is 1.43 bits per heavy atom. The number of likely N-dealkylation sites (tertiary alicyclic amines) is 1. The van der Waals surface area contributed by atoms with Crippen LogP contribution in [0.5, 0.6) is 5.75 Å². The minimum Gasteiger partial charge on any atom is -0.492 e. The second-order valence-corrected chi connectivity index (χ2v) is 7.54. The van der Waals surface area contributed by atoms with Crippen LogP contribution in [-0.2, 0) is 11.2 Å². The first-order valence-corrected chi connectivity index (χ1v) is 8.20. The molecule has 0 saturated carbocycles. The molecule has 1 aromatic carbocycles. The van der Waals surface area contributed by atoms with E-state index in [1.807, 2.05) is 23.1 Å². The normalized spacial score (nSPS) is 25.8. The third-order valence-electron chi connectivity index (χ3n) is 4.90. The number of nitrogens with zero attached hydrogens (tertiary/aromatic N) is 1. The first kappa shape index (κ1) is 18.4. The van der Waals surface area contributed by atoms with Gasteiger partial charge in [-0.2, -0.15) is 0 Å². The molecule has 1 saturated heterocycles. The summed E-state index contributed by atoms with van der Waals surface area (Å²) in [5.41, 5.74) is 7.14. The second kappa shape index (κ2) is 6.88. The number of amides is 1. The quantitative estimate of drug-likeness (QED) is 0.839. The topological polar surface area (TPSA) is 55.6 Å². The second-order valence-electron chi connectivity index (χ2n) is 7.11. The molecule has 4 nitrogen and oxygen atoms in total. The highest BCUT2D eigenvalue weighted by Crippen LogP contribution is 2.33. The number of fused-ring (bicyclic) bond motifs is 1. The molecule has 0 radical (unpaired) electrons. The maximum atomic E-state index is 12.8. The van der Waals surface area contributed by atoms with Crippen LogP contribution in [0.4, 0.5) is 0 Å². The summed E-state index contributed by atoms with van der Waals surface area (Å²) < 4.78 is 5.75. The van der Waals surface area contributed by atoms with Crippen LogP contribution in [0.2, 0.25) is 5.02 Å². The molecule has 2 atom stereocenters. The third-order valence-corrected chi connectivity index (χ3v) is 5.14. The van der Waals surface area contributed by atoms with Crippen LogP contribution in [0.25, 0.3) is 0 Å². The van der Waals surface area contributed by atoms with E-state index in [-0.39, 0.29) is 35.7 Å². The molecular weight excluding hydrogens is 335 g/mol. The number of halogens is 2. The molecular formula is C17H24Cl2N2O2. The van der Waals surface area contributed by atoms with Gasteiger partial charge in [0.15, 0.2) is 0 Å². The molecule has 0 spiro atoms. The average molecular weight is 359 g/mol. The van der Waals surface area contributed by atoms with Crippen molar-refractivity contribution in [2.24, 2.45) is 17.1 Å². The van der Waals surface area contributed by atoms with E-state index < -0.39 is 0 Å². The summed E-state index contributed by atoms with van der Waals surface area (Å²) in [6.45, 7) is 6.15. The summed E-state index contributed by atoms with van der Waals surface area (Å²) in [5.74, 6) is 0.885. The van der Waals surface area contributed by atoms with E-state index in [1.54, 1.807) is 0 Å². The summed E-state index contributed by atoms with van der Waals surface area (Å²) in [7, 11) is 0. The molecule has 0 aliphatic carbocycles. The monoisotopic (exact) mass is 358 g/mol. The van der Waals surface area contributed by atoms with Gasteiger partial charge in [-0.05, 0) is 42.0 Å². The number of hydrogen-bond donors (Lipinski definition) is 1. The van der Waals surface area contributed by atoms with Gasteiger partial charge in [-0.15, -0.1) is 12.4 Å². The van der Waals surface area contributed by atoms with E-state index >= 15 is 0 Å². The summed E-state index contributed by atoms with van der Waals surface area (Å²) in [6.07, 6.45) is 1.55. The molecule has 23 heavy (non-hydrogen) atoms. The van der Waals surface area contributed by atoms with Gasteiger partial charge in [0.1, 0.15) is 12.4 Å². The van der Waals surface area contributed by atoms with Crippen molar-refractivity contribution in [2.75, 3.05) is 19.7 Å². The molecule has 1 fully saturated rings. The Bertz CT molecular complexity index is 592. The summed E-state index contributed by atoms with van der Waals surface area (Å²) in [6, 6.07) is 5.74. The fourth-order valence-electron chi connectivity index (χ4n) is 3.34. The number of hydrogen-bond acceptors (Lipinski definition) is 3. The highest BCUT2D eigenvalue weighted by molar-refractivity contribution is 6.30. The van der Waals surface area contributed by atoms with Crippen molar-refractivity contribution in [2.45, 2.75) is 32.7 Å². The summed E-state index contributed by atoms with van der Waals surface area (Å²) in [5, 5.41) is 0.681. The van der Waals surface area contributed by atoms with Gasteiger partial charge in [0.2, 0.25) is 5.91 Å². The van der Waals surface area contributed by atoms with Gasteiger partial charge >= 0.3 is 0 Å². The number of carbonyl (C=O) groups excluding carboxylic acids is 1. The first-order chi connectivity index (χ1) is 10.4. The largest absolute Gasteiger partial charge is 0.492 e. The van der Waals surface area contributed by atoms with Crippen LogP contribution in [0.15, 0.2) is 18.2 Å². The predicted molar refractivity (Wildman–Crippen MR) is 94.3 cm³/mol. The van der Waals surface area contributed by atoms with Crippen LogP contribution >= 0.6 is 24.0 Å². The van der Waals surface area contributed by atoms with Gasteiger partial charge in [-0.3, -0.25) is 4.79 Å². The highest BCUT2D eigenvalue weighted by Gasteiger charge is 2.38. The lowest BCUT2D eigenvalue weighted by Crippen LogP contribution is -2.55. The van der Waals surface area contributed by atoms with Gasteiger partial charge in [0.25, 0.3) is 0 Å². The maximum absolute atomic E-state index is 12.8. The molecule has 2 unspecified atom stereocenters. The molecule has 1 aromatic rings. The van der Waals surface area contributed by atoms with Gasteiger partial charge in [-0.25, -0.2) is 0 Å². The molecule has 2 N–H and O–H groups in total. The Labute approximate surface area is 148 Å². The van der Waals surface area contributed by atoms with Gasteiger partial charge < -0.3 is 15.4 Å². The zero-order valence-corrected chi connectivity index (χ0v) is 15.1. The lowest BCUT2D eigenvalue weighted by atomic mass is 9.79. The number of benzene rings is 1. The number of nitrogens with two attached hydrogens (primary N) is 1. The minimum atomic E-state index is -0.129. The number of rotatable bonds is 1. The zero-order valence-electron chi connectivity index (χ0n) is 13.5. The Hall–Kier alpha value is -0.970. The zero-order chi connectivity index (χ0) is 15.9. The van der Waals surface area contributed by atoms with Crippen LogP contribution < -0.4 is 10.5 Å². The van der Waals surface area contributed by atoms with Gasteiger partial charge in [0.05, 0.1) is 5.92 Å². The van der Waals surface area contributed by atoms with Crippen molar-refractivity contribution in [1.29, 1.82) is 0 Å². The Morgan fingerprint density at radius 3 is 2.87 bits per heavy atom. The lowest BCUT2D eigenvalue weighted by Gasteiger charge is -2.44. The lowest BCUT2D eigenvalue weighted by molar-refractivity contribution is -0.140. The molecule has 3 rings (SSSR count). The van der Waals surface area contributed by atoms with Crippen molar-refractivity contribution < 1.29 is 9.53 Å². The SMILES string of the molecule is CC1(C)CN(C(=O)C2COc3ccc(Cl)cc3C2)CCC1N.Cl. The minimum absolute atomic E-state index is 0. The smallest absolute Gasteiger partial charge is 0.229 e. The number of piperidine rings is 1. The number of ether oxygens (including phenoxy) is 1. The van der Waals surface area contributed by atoms with E-state index in [4.69, 9.17) is 22.1 Å². The Morgan fingerprint density at radius 2 is 2.17 bits per heavy atom. The average Bonchev–Trinajstić information content (AvgIpc) is 2.48. The third kappa shape index (κ3) is 3.76. The standard InChI is InChI=1S/C17H23ClN2O2.ClH/c1-17(2)10-20(6-5-15(17)19)16(21)12-7-11-8-13(18)3-4-14(11)22-9-12;/h3-4,8,12,15H,5-7,9-10,19H2,1-2H3;1H. The Kier molecular flexibility index (Phi) is 5.49. The molecule has 6 heteroatoms. The van der Waals surface area contributed by atoms with E-state index in [1.165, 1.54) is 0 Å². The number of carbonyl (C=O) groups is 1. The van der Waals surface area contributed by atoms with Crippen molar-refractivity contribution in [3.05, 3.63) is 28.8 Å². The highest BCUT2D eigenvalue weighted by atomic mass is 35.5. The van der Waals surface area contributed by atoms with Gasteiger partial charge in [0, 0.05) is 24.2 Å². The van der Waals surface area contributed by atoms with Crippen LogP contribution in [0.1, 0.15) is 25.8 Å². The van der Waals surface area contributed by atoms with Crippen molar-refractivity contribution in [3.63, 3.8) is 0 Å². The summed E-state index contributed by atoms with van der Waals surface area (Å²) >= 11 is 6.04. The predicted octanol–water partition coefficient (Wildman–Crippen LogP) is 2.90. The van der Waals surface area contributed by atoms with E-state index in [0.29, 0.717) is 24.6 Å². The molecule has 1 amide bonds. The molecule has 128 valence electrons. The molecule has 0 aromatic heterocycles. The van der Waals surface area contributed by atoms with Crippen LogP contribution in [-0.4, -0.2) is 36.5 Å². The molecule has 2 aliphatic rings. The van der Waals surface area contributed by atoms with E-state index in [2.05, 4.69) is 13.8 Å². The van der Waals surface area contributed by atoms with Gasteiger partial charge in [-0.1, -0.05) is 25.4 Å². The van der Waals surface area contributed by atoms with Crippen molar-refractivity contribution in [1.82, 2.24) is 4.90 Å². The Balaban J connectivity index is 0.00000192.